The SMILES string of the molecule is CC1CC(NC(C)C(=O)N2CCCC2)CS1. The van der Waals surface area contributed by atoms with E-state index in [1.165, 1.54) is 19.3 Å². The van der Waals surface area contributed by atoms with Crippen molar-refractivity contribution in [3.8, 4) is 0 Å². The van der Waals surface area contributed by atoms with E-state index < -0.39 is 0 Å². The van der Waals surface area contributed by atoms with Crippen LogP contribution in [0.2, 0.25) is 0 Å². The Morgan fingerprint density at radius 2 is 2.12 bits per heavy atom. The molecule has 3 atom stereocenters. The fourth-order valence-electron chi connectivity index (χ4n) is 2.57. The lowest BCUT2D eigenvalue weighted by atomic mass is 10.1. The first-order valence-electron chi connectivity index (χ1n) is 6.33. The molecule has 92 valence electrons. The number of amides is 1. The van der Waals surface area contributed by atoms with Gasteiger partial charge in [-0.3, -0.25) is 4.79 Å². The summed E-state index contributed by atoms with van der Waals surface area (Å²) in [5.74, 6) is 1.45. The molecule has 0 aromatic carbocycles. The second-order valence-electron chi connectivity index (χ2n) is 5.00. The Bertz CT molecular complexity index is 253. The van der Waals surface area contributed by atoms with E-state index in [4.69, 9.17) is 0 Å². The smallest absolute Gasteiger partial charge is 0.239 e. The molecule has 1 amide bonds. The molecule has 2 heterocycles. The molecule has 1 N–H and O–H groups in total. The minimum absolute atomic E-state index is 0.00556. The Morgan fingerprint density at radius 3 is 2.69 bits per heavy atom. The van der Waals surface area contributed by atoms with Crippen LogP contribution >= 0.6 is 11.8 Å². The monoisotopic (exact) mass is 242 g/mol. The number of carbonyl (C=O) groups is 1. The Labute approximate surface area is 102 Å². The van der Waals surface area contributed by atoms with Crippen molar-refractivity contribution in [1.29, 1.82) is 0 Å². The summed E-state index contributed by atoms with van der Waals surface area (Å²) in [5.41, 5.74) is 0. The number of rotatable bonds is 3. The third-order valence-corrected chi connectivity index (χ3v) is 4.83. The quantitative estimate of drug-likeness (QED) is 0.813. The molecule has 2 rings (SSSR count). The molecule has 2 aliphatic heterocycles. The van der Waals surface area contributed by atoms with Crippen LogP contribution < -0.4 is 5.32 Å². The number of likely N-dealkylation sites (tertiary alicyclic amines) is 1. The summed E-state index contributed by atoms with van der Waals surface area (Å²) in [4.78, 5) is 14.1. The second kappa shape index (κ2) is 5.41. The van der Waals surface area contributed by atoms with Gasteiger partial charge >= 0.3 is 0 Å². The minimum Gasteiger partial charge on any atom is -0.341 e. The molecule has 3 unspecified atom stereocenters. The molecule has 2 fully saturated rings. The van der Waals surface area contributed by atoms with E-state index in [1.807, 2.05) is 23.6 Å². The number of carbonyl (C=O) groups excluding carboxylic acids is 1. The molecule has 4 heteroatoms. The zero-order valence-electron chi connectivity index (χ0n) is 10.2. The van der Waals surface area contributed by atoms with Crippen molar-refractivity contribution in [2.75, 3.05) is 18.8 Å². The lowest BCUT2D eigenvalue weighted by Crippen LogP contribution is -2.47. The summed E-state index contributed by atoms with van der Waals surface area (Å²) >= 11 is 2.00. The van der Waals surface area contributed by atoms with Crippen molar-refractivity contribution < 1.29 is 4.79 Å². The summed E-state index contributed by atoms with van der Waals surface area (Å²) < 4.78 is 0. The van der Waals surface area contributed by atoms with Gasteiger partial charge in [0, 0.05) is 30.1 Å². The van der Waals surface area contributed by atoms with Gasteiger partial charge in [0.25, 0.3) is 0 Å². The first-order chi connectivity index (χ1) is 7.66. The summed E-state index contributed by atoms with van der Waals surface area (Å²) in [6, 6.07) is 0.524. The first kappa shape index (κ1) is 12.2. The molecular formula is C12H22N2OS. The maximum Gasteiger partial charge on any atom is 0.239 e. The van der Waals surface area contributed by atoms with Crippen LogP contribution in [0.1, 0.15) is 33.1 Å². The highest BCUT2D eigenvalue weighted by Gasteiger charge is 2.28. The average Bonchev–Trinajstić information content (AvgIpc) is 2.88. The standard InChI is InChI=1S/C12H22N2OS/c1-9-7-11(8-16-9)13-10(2)12(15)14-5-3-4-6-14/h9-11,13H,3-8H2,1-2H3. The van der Waals surface area contributed by atoms with Gasteiger partial charge in [0.1, 0.15) is 0 Å². The third-order valence-electron chi connectivity index (χ3n) is 3.47. The molecule has 0 bridgehead atoms. The van der Waals surface area contributed by atoms with Gasteiger partial charge in [-0.25, -0.2) is 0 Å². The van der Waals surface area contributed by atoms with Crippen LogP contribution in [0.15, 0.2) is 0 Å². The fraction of sp³-hybridized carbons (Fsp3) is 0.917. The highest BCUT2D eigenvalue weighted by molar-refractivity contribution is 8.00. The van der Waals surface area contributed by atoms with Crippen LogP contribution in [0.25, 0.3) is 0 Å². The topological polar surface area (TPSA) is 32.3 Å². The highest BCUT2D eigenvalue weighted by atomic mass is 32.2. The average molecular weight is 242 g/mol. The van der Waals surface area contributed by atoms with Crippen molar-refractivity contribution >= 4 is 17.7 Å². The molecule has 0 saturated carbocycles. The highest BCUT2D eigenvalue weighted by Crippen LogP contribution is 2.26. The van der Waals surface area contributed by atoms with Crippen molar-refractivity contribution in [2.45, 2.75) is 50.4 Å². The summed E-state index contributed by atoms with van der Waals surface area (Å²) in [5, 5.41) is 4.22. The van der Waals surface area contributed by atoms with Crippen LogP contribution in [-0.4, -0.2) is 47.0 Å². The number of nitrogens with one attached hydrogen (secondary N) is 1. The second-order valence-corrected chi connectivity index (χ2v) is 6.47. The molecule has 3 nitrogen and oxygen atoms in total. The molecule has 0 aliphatic carbocycles. The van der Waals surface area contributed by atoms with Crippen LogP contribution in [0.5, 0.6) is 0 Å². The van der Waals surface area contributed by atoms with Crippen LogP contribution in [0, 0.1) is 0 Å². The van der Waals surface area contributed by atoms with Crippen LogP contribution in [0.3, 0.4) is 0 Å². The molecule has 0 aromatic rings. The van der Waals surface area contributed by atoms with E-state index >= 15 is 0 Å². The molecule has 0 radical (unpaired) electrons. The largest absolute Gasteiger partial charge is 0.341 e. The first-order valence-corrected chi connectivity index (χ1v) is 7.38. The number of hydrogen-bond donors (Lipinski definition) is 1. The van der Waals surface area contributed by atoms with Gasteiger partial charge in [-0.15, -0.1) is 0 Å². The normalized spacial score (nSPS) is 32.0. The Balaban J connectivity index is 1.78. The van der Waals surface area contributed by atoms with Gasteiger partial charge in [-0.1, -0.05) is 6.92 Å². The van der Waals surface area contributed by atoms with Gasteiger partial charge in [0.2, 0.25) is 5.91 Å². The van der Waals surface area contributed by atoms with Crippen molar-refractivity contribution in [1.82, 2.24) is 10.2 Å². The van der Waals surface area contributed by atoms with Gasteiger partial charge in [0.05, 0.1) is 6.04 Å². The lowest BCUT2D eigenvalue weighted by Gasteiger charge is -2.23. The number of hydrogen-bond acceptors (Lipinski definition) is 3. The summed E-state index contributed by atoms with van der Waals surface area (Å²) in [6.07, 6.45) is 3.55. The minimum atomic E-state index is -0.00556. The maximum absolute atomic E-state index is 12.1. The van der Waals surface area contributed by atoms with Crippen LogP contribution in [-0.2, 0) is 4.79 Å². The predicted molar refractivity (Wildman–Crippen MR) is 68.7 cm³/mol. The predicted octanol–water partition coefficient (Wildman–Crippen LogP) is 1.48. The van der Waals surface area contributed by atoms with Gasteiger partial charge < -0.3 is 10.2 Å². The molecular weight excluding hydrogens is 220 g/mol. The summed E-state index contributed by atoms with van der Waals surface area (Å²) in [6.45, 7) is 6.19. The van der Waals surface area contributed by atoms with Crippen molar-refractivity contribution in [3.05, 3.63) is 0 Å². The van der Waals surface area contributed by atoms with Gasteiger partial charge in [-0.05, 0) is 26.2 Å². The molecule has 0 spiro atoms. The van der Waals surface area contributed by atoms with E-state index in [-0.39, 0.29) is 6.04 Å². The Hall–Kier alpha value is -0.220. The maximum atomic E-state index is 12.1. The van der Waals surface area contributed by atoms with Crippen LogP contribution in [0.4, 0.5) is 0 Å². The number of thioether (sulfide) groups is 1. The van der Waals surface area contributed by atoms with E-state index in [9.17, 15) is 4.79 Å². The molecule has 0 aromatic heterocycles. The lowest BCUT2D eigenvalue weighted by molar-refractivity contribution is -0.132. The zero-order valence-corrected chi connectivity index (χ0v) is 11.1. The summed E-state index contributed by atoms with van der Waals surface area (Å²) in [7, 11) is 0. The fourth-order valence-corrected chi connectivity index (χ4v) is 3.73. The number of nitrogens with zero attached hydrogens (tertiary/aromatic N) is 1. The van der Waals surface area contributed by atoms with Crippen molar-refractivity contribution in [3.63, 3.8) is 0 Å². The third kappa shape index (κ3) is 2.92. The molecule has 16 heavy (non-hydrogen) atoms. The Kier molecular flexibility index (Phi) is 4.14. The molecule has 2 aliphatic rings. The van der Waals surface area contributed by atoms with E-state index in [0.29, 0.717) is 11.9 Å². The van der Waals surface area contributed by atoms with E-state index in [1.54, 1.807) is 0 Å². The van der Waals surface area contributed by atoms with Gasteiger partial charge in [-0.2, -0.15) is 11.8 Å². The van der Waals surface area contributed by atoms with Gasteiger partial charge in [0.15, 0.2) is 0 Å². The van der Waals surface area contributed by atoms with Crippen molar-refractivity contribution in [2.24, 2.45) is 0 Å². The zero-order chi connectivity index (χ0) is 11.5. The van der Waals surface area contributed by atoms with E-state index in [2.05, 4.69) is 12.2 Å². The molecule has 2 saturated heterocycles. The van der Waals surface area contributed by atoms with E-state index in [0.717, 1.165) is 24.1 Å². The Morgan fingerprint density at radius 1 is 1.44 bits per heavy atom.